The Balaban J connectivity index is 3.87. The summed E-state index contributed by atoms with van der Waals surface area (Å²) in [6.45, 7) is 5.58. The average Bonchev–Trinajstić information content (AvgIpc) is 1.84. The number of hydrogen-bond donors (Lipinski definition) is 1. The average molecular weight is 175 g/mol. The van der Waals surface area contributed by atoms with Crippen molar-refractivity contribution in [2.45, 2.75) is 32.4 Å². The SMILES string of the molecule is COC[C@H](N)C(=O)OC(C)(C)C. The summed E-state index contributed by atoms with van der Waals surface area (Å²) in [7, 11) is 1.49. The van der Waals surface area contributed by atoms with Gasteiger partial charge in [-0.1, -0.05) is 0 Å². The lowest BCUT2D eigenvalue weighted by Crippen LogP contribution is -2.40. The third-order valence-corrected chi connectivity index (χ3v) is 1.06. The number of ether oxygens (including phenoxy) is 2. The molecule has 0 unspecified atom stereocenters. The Morgan fingerprint density at radius 2 is 2.00 bits per heavy atom. The first-order chi connectivity index (χ1) is 5.37. The maximum absolute atomic E-state index is 11.1. The van der Waals surface area contributed by atoms with Gasteiger partial charge in [-0.3, -0.25) is 4.79 Å². The first-order valence-corrected chi connectivity index (χ1v) is 3.84. The molecule has 4 heteroatoms. The van der Waals surface area contributed by atoms with E-state index in [0.29, 0.717) is 0 Å². The normalized spacial score (nSPS) is 14.1. The standard InChI is InChI=1S/C8H17NO3/c1-8(2,3)12-7(10)6(9)5-11-4/h6H,5,9H2,1-4H3/t6-/m0/s1. The first kappa shape index (κ1) is 11.4. The van der Waals surface area contributed by atoms with Crippen molar-refractivity contribution in [2.24, 2.45) is 5.73 Å². The van der Waals surface area contributed by atoms with Crippen molar-refractivity contribution in [1.82, 2.24) is 0 Å². The lowest BCUT2D eigenvalue weighted by Gasteiger charge is -2.21. The zero-order chi connectivity index (χ0) is 9.78. The van der Waals surface area contributed by atoms with Gasteiger partial charge >= 0.3 is 5.97 Å². The summed E-state index contributed by atoms with van der Waals surface area (Å²) < 4.78 is 9.72. The third kappa shape index (κ3) is 5.09. The highest BCUT2D eigenvalue weighted by atomic mass is 16.6. The Kier molecular flexibility index (Phi) is 4.20. The molecule has 1 atom stereocenters. The monoisotopic (exact) mass is 175 g/mol. The van der Waals surface area contributed by atoms with Crippen LogP contribution in [0.3, 0.4) is 0 Å². The summed E-state index contributed by atoms with van der Waals surface area (Å²) in [5.41, 5.74) is 4.95. The molecule has 0 heterocycles. The highest BCUT2D eigenvalue weighted by Gasteiger charge is 2.21. The van der Waals surface area contributed by atoms with E-state index >= 15 is 0 Å². The van der Waals surface area contributed by atoms with E-state index in [9.17, 15) is 4.79 Å². The maximum Gasteiger partial charge on any atom is 0.325 e. The van der Waals surface area contributed by atoms with Gasteiger partial charge in [0.05, 0.1) is 6.61 Å². The molecule has 12 heavy (non-hydrogen) atoms. The van der Waals surface area contributed by atoms with Gasteiger partial charge in [-0.05, 0) is 20.8 Å². The predicted molar refractivity (Wildman–Crippen MR) is 45.7 cm³/mol. The highest BCUT2D eigenvalue weighted by Crippen LogP contribution is 2.07. The molecule has 0 aliphatic rings. The second-order valence-electron chi connectivity index (χ2n) is 3.60. The van der Waals surface area contributed by atoms with Crippen LogP contribution >= 0.6 is 0 Å². The van der Waals surface area contributed by atoms with Crippen molar-refractivity contribution in [1.29, 1.82) is 0 Å². The van der Waals surface area contributed by atoms with Crippen LogP contribution in [0.1, 0.15) is 20.8 Å². The van der Waals surface area contributed by atoms with Crippen LogP contribution in [0.5, 0.6) is 0 Å². The summed E-state index contributed by atoms with van der Waals surface area (Å²) in [5.74, 6) is -0.427. The molecule has 0 aromatic rings. The van der Waals surface area contributed by atoms with Crippen LogP contribution in [0.2, 0.25) is 0 Å². The van der Waals surface area contributed by atoms with Crippen molar-refractivity contribution < 1.29 is 14.3 Å². The smallest absolute Gasteiger partial charge is 0.325 e. The molecule has 0 radical (unpaired) electrons. The Morgan fingerprint density at radius 1 is 1.50 bits per heavy atom. The lowest BCUT2D eigenvalue weighted by molar-refractivity contribution is -0.157. The van der Waals surface area contributed by atoms with Crippen LogP contribution in [-0.2, 0) is 14.3 Å². The third-order valence-electron chi connectivity index (χ3n) is 1.06. The molecular weight excluding hydrogens is 158 g/mol. The molecule has 0 bridgehead atoms. The van der Waals surface area contributed by atoms with Gasteiger partial charge in [0.15, 0.2) is 0 Å². The molecular formula is C8H17NO3. The largest absolute Gasteiger partial charge is 0.459 e. The van der Waals surface area contributed by atoms with E-state index in [1.807, 2.05) is 0 Å². The summed E-state index contributed by atoms with van der Waals surface area (Å²) >= 11 is 0. The first-order valence-electron chi connectivity index (χ1n) is 3.84. The van der Waals surface area contributed by atoms with Gasteiger partial charge in [0.25, 0.3) is 0 Å². The van der Waals surface area contributed by atoms with E-state index in [-0.39, 0.29) is 6.61 Å². The second-order valence-corrected chi connectivity index (χ2v) is 3.60. The summed E-state index contributed by atoms with van der Waals surface area (Å²) in [6.07, 6.45) is 0. The fraction of sp³-hybridized carbons (Fsp3) is 0.875. The Hall–Kier alpha value is -0.610. The van der Waals surface area contributed by atoms with Crippen molar-refractivity contribution in [3.8, 4) is 0 Å². The quantitative estimate of drug-likeness (QED) is 0.627. The topological polar surface area (TPSA) is 61.5 Å². The molecule has 0 saturated carbocycles. The summed E-state index contributed by atoms with van der Waals surface area (Å²) in [4.78, 5) is 11.1. The number of carbonyl (C=O) groups excluding carboxylic acids is 1. The summed E-state index contributed by atoms with van der Waals surface area (Å²) in [6, 6.07) is -0.686. The molecule has 72 valence electrons. The molecule has 0 fully saturated rings. The minimum atomic E-state index is -0.686. The fourth-order valence-corrected chi connectivity index (χ4v) is 0.625. The fourth-order valence-electron chi connectivity index (χ4n) is 0.625. The molecule has 0 saturated heterocycles. The zero-order valence-electron chi connectivity index (χ0n) is 8.09. The second kappa shape index (κ2) is 4.42. The minimum absolute atomic E-state index is 0.189. The number of rotatable bonds is 3. The van der Waals surface area contributed by atoms with E-state index in [1.54, 1.807) is 20.8 Å². The van der Waals surface area contributed by atoms with Gasteiger partial charge in [-0.15, -0.1) is 0 Å². The molecule has 0 aliphatic heterocycles. The Bertz CT molecular complexity index is 151. The van der Waals surface area contributed by atoms with Crippen molar-refractivity contribution in [3.63, 3.8) is 0 Å². The van der Waals surface area contributed by atoms with Gasteiger partial charge in [0, 0.05) is 7.11 Å². The van der Waals surface area contributed by atoms with Crippen molar-refractivity contribution in [3.05, 3.63) is 0 Å². The van der Waals surface area contributed by atoms with Crippen LogP contribution in [0, 0.1) is 0 Å². The van der Waals surface area contributed by atoms with Crippen LogP contribution in [0.15, 0.2) is 0 Å². The molecule has 0 amide bonds. The van der Waals surface area contributed by atoms with E-state index in [1.165, 1.54) is 7.11 Å². The lowest BCUT2D eigenvalue weighted by atomic mass is 10.2. The molecule has 0 rings (SSSR count). The van der Waals surface area contributed by atoms with Gasteiger partial charge in [0.1, 0.15) is 11.6 Å². The van der Waals surface area contributed by atoms with Crippen LogP contribution in [0.4, 0.5) is 0 Å². The maximum atomic E-state index is 11.1. The summed E-state index contributed by atoms with van der Waals surface area (Å²) in [5, 5.41) is 0. The number of hydrogen-bond acceptors (Lipinski definition) is 4. The molecule has 0 spiro atoms. The van der Waals surface area contributed by atoms with Crippen LogP contribution in [-0.4, -0.2) is 31.3 Å². The molecule has 2 N–H and O–H groups in total. The molecule has 0 aromatic heterocycles. The Labute approximate surface area is 73.0 Å². The van der Waals surface area contributed by atoms with E-state index in [4.69, 9.17) is 15.2 Å². The molecule has 0 aromatic carbocycles. The van der Waals surface area contributed by atoms with Gasteiger partial charge in [0.2, 0.25) is 0 Å². The van der Waals surface area contributed by atoms with Gasteiger partial charge in [-0.25, -0.2) is 0 Å². The zero-order valence-corrected chi connectivity index (χ0v) is 8.09. The number of nitrogens with two attached hydrogens (primary N) is 1. The molecule has 4 nitrogen and oxygen atoms in total. The van der Waals surface area contributed by atoms with E-state index in [2.05, 4.69) is 0 Å². The van der Waals surface area contributed by atoms with E-state index in [0.717, 1.165) is 0 Å². The van der Waals surface area contributed by atoms with Crippen molar-refractivity contribution >= 4 is 5.97 Å². The number of carbonyl (C=O) groups is 1. The Morgan fingerprint density at radius 3 is 2.33 bits per heavy atom. The van der Waals surface area contributed by atoms with Gasteiger partial charge < -0.3 is 15.2 Å². The van der Waals surface area contributed by atoms with E-state index < -0.39 is 17.6 Å². The van der Waals surface area contributed by atoms with Gasteiger partial charge in [-0.2, -0.15) is 0 Å². The van der Waals surface area contributed by atoms with Crippen LogP contribution in [0.25, 0.3) is 0 Å². The number of methoxy groups -OCH3 is 1. The predicted octanol–water partition coefficient (Wildman–Crippen LogP) is 0.302. The minimum Gasteiger partial charge on any atom is -0.459 e. The van der Waals surface area contributed by atoms with Crippen molar-refractivity contribution in [2.75, 3.05) is 13.7 Å². The number of esters is 1. The highest BCUT2D eigenvalue weighted by molar-refractivity contribution is 5.76. The van der Waals surface area contributed by atoms with Crippen LogP contribution < -0.4 is 5.73 Å². The molecule has 0 aliphatic carbocycles.